The summed E-state index contributed by atoms with van der Waals surface area (Å²) >= 11 is 0. The zero-order valence-electron chi connectivity index (χ0n) is 13.4. The molecule has 1 saturated heterocycles. The fourth-order valence-corrected chi connectivity index (χ4v) is 4.54. The minimum Gasteiger partial charge on any atom is -0.334 e. The van der Waals surface area contributed by atoms with Crippen LogP contribution in [0.1, 0.15) is 12.0 Å². The second-order valence-electron chi connectivity index (χ2n) is 5.99. The van der Waals surface area contributed by atoms with E-state index in [2.05, 4.69) is 15.5 Å². The van der Waals surface area contributed by atoms with Gasteiger partial charge in [0, 0.05) is 25.8 Å². The number of sulfone groups is 1. The molecule has 2 heterocycles. The fraction of sp³-hybridized carbons (Fsp3) is 0.375. The van der Waals surface area contributed by atoms with Crippen LogP contribution < -0.4 is 5.32 Å². The van der Waals surface area contributed by atoms with E-state index in [-0.39, 0.29) is 23.6 Å². The molecule has 1 fully saturated rings. The number of amides is 2. The normalized spacial score (nSPS) is 19.1. The number of aromatic amines is 1. The highest BCUT2D eigenvalue weighted by Gasteiger charge is 2.32. The minimum atomic E-state index is -3.00. The molecule has 1 aliphatic rings. The molecule has 1 atom stereocenters. The van der Waals surface area contributed by atoms with E-state index >= 15 is 0 Å². The Labute approximate surface area is 141 Å². The lowest BCUT2D eigenvalue weighted by Crippen LogP contribution is -2.43. The van der Waals surface area contributed by atoms with Crippen LogP contribution in [0.2, 0.25) is 0 Å². The number of nitrogens with zero attached hydrogens (tertiary/aromatic N) is 2. The van der Waals surface area contributed by atoms with Gasteiger partial charge >= 0.3 is 6.03 Å². The SMILES string of the molecule is CN(C(=O)NCc1ccc(-c2ccn[nH]2)cc1)[C@H]1CCS(=O)(=O)C1. The van der Waals surface area contributed by atoms with Gasteiger partial charge in [-0.2, -0.15) is 5.10 Å². The zero-order valence-corrected chi connectivity index (χ0v) is 14.2. The summed E-state index contributed by atoms with van der Waals surface area (Å²) in [6, 6.07) is 9.20. The van der Waals surface area contributed by atoms with Gasteiger partial charge in [-0.15, -0.1) is 0 Å². The predicted octanol–water partition coefficient (Wildman–Crippen LogP) is 1.41. The third-order valence-electron chi connectivity index (χ3n) is 4.29. The van der Waals surface area contributed by atoms with E-state index in [9.17, 15) is 13.2 Å². The smallest absolute Gasteiger partial charge is 0.317 e. The first-order valence-electron chi connectivity index (χ1n) is 7.74. The third kappa shape index (κ3) is 3.76. The molecule has 7 nitrogen and oxygen atoms in total. The molecule has 1 aromatic heterocycles. The van der Waals surface area contributed by atoms with Crippen molar-refractivity contribution in [3.8, 4) is 11.3 Å². The van der Waals surface area contributed by atoms with E-state index in [0.29, 0.717) is 13.0 Å². The number of urea groups is 1. The summed E-state index contributed by atoms with van der Waals surface area (Å²) in [5.74, 6) is 0.208. The molecule has 2 amide bonds. The van der Waals surface area contributed by atoms with Crippen molar-refractivity contribution >= 4 is 15.9 Å². The van der Waals surface area contributed by atoms with Crippen molar-refractivity contribution in [2.45, 2.75) is 19.0 Å². The fourth-order valence-electron chi connectivity index (χ4n) is 2.77. The summed E-state index contributed by atoms with van der Waals surface area (Å²) in [7, 11) is -1.36. The molecular weight excluding hydrogens is 328 g/mol. The van der Waals surface area contributed by atoms with Gasteiger partial charge in [-0.3, -0.25) is 5.10 Å². The van der Waals surface area contributed by atoms with Gasteiger partial charge in [0.05, 0.1) is 17.2 Å². The number of nitrogens with one attached hydrogen (secondary N) is 2. The Balaban J connectivity index is 1.54. The van der Waals surface area contributed by atoms with Crippen LogP contribution in [-0.2, 0) is 16.4 Å². The van der Waals surface area contributed by atoms with Crippen LogP contribution >= 0.6 is 0 Å². The molecule has 1 aromatic carbocycles. The summed E-state index contributed by atoms with van der Waals surface area (Å²) in [6.45, 7) is 0.395. The summed E-state index contributed by atoms with van der Waals surface area (Å²) in [4.78, 5) is 13.7. The summed E-state index contributed by atoms with van der Waals surface area (Å²) in [6.07, 6.45) is 2.20. The molecule has 24 heavy (non-hydrogen) atoms. The highest BCUT2D eigenvalue weighted by atomic mass is 32.2. The molecule has 1 aliphatic heterocycles. The predicted molar refractivity (Wildman–Crippen MR) is 91.1 cm³/mol. The molecule has 3 rings (SSSR count). The molecule has 2 N–H and O–H groups in total. The van der Waals surface area contributed by atoms with Gasteiger partial charge in [0.15, 0.2) is 9.84 Å². The molecule has 0 spiro atoms. The minimum absolute atomic E-state index is 0.0514. The van der Waals surface area contributed by atoms with E-state index in [0.717, 1.165) is 16.8 Å². The largest absolute Gasteiger partial charge is 0.334 e. The topological polar surface area (TPSA) is 95.2 Å². The Bertz CT molecular complexity index is 800. The van der Waals surface area contributed by atoms with Crippen LogP contribution in [0.15, 0.2) is 36.5 Å². The van der Waals surface area contributed by atoms with Crippen LogP contribution in [0.3, 0.4) is 0 Å². The Hall–Kier alpha value is -2.35. The van der Waals surface area contributed by atoms with E-state index in [1.807, 2.05) is 30.3 Å². The average molecular weight is 348 g/mol. The number of hydrogen-bond acceptors (Lipinski definition) is 4. The first-order valence-corrected chi connectivity index (χ1v) is 9.56. The summed E-state index contributed by atoms with van der Waals surface area (Å²) in [5.41, 5.74) is 2.93. The van der Waals surface area contributed by atoms with Gasteiger partial charge < -0.3 is 10.2 Å². The summed E-state index contributed by atoms with van der Waals surface area (Å²) < 4.78 is 23.0. The van der Waals surface area contributed by atoms with Gasteiger partial charge in [-0.1, -0.05) is 24.3 Å². The van der Waals surface area contributed by atoms with Gasteiger partial charge in [0.2, 0.25) is 0 Å². The first-order chi connectivity index (χ1) is 11.4. The molecule has 128 valence electrons. The van der Waals surface area contributed by atoms with Crippen molar-refractivity contribution in [1.82, 2.24) is 20.4 Å². The number of H-pyrrole nitrogens is 1. The van der Waals surface area contributed by atoms with Crippen molar-refractivity contribution in [2.75, 3.05) is 18.6 Å². The Morgan fingerprint density at radius 3 is 2.67 bits per heavy atom. The molecule has 2 aromatic rings. The highest BCUT2D eigenvalue weighted by Crippen LogP contribution is 2.18. The molecule has 8 heteroatoms. The van der Waals surface area contributed by atoms with E-state index < -0.39 is 9.84 Å². The van der Waals surface area contributed by atoms with Gasteiger partial charge in [-0.05, 0) is 23.6 Å². The number of aromatic nitrogens is 2. The number of carbonyl (C=O) groups is 1. The Morgan fingerprint density at radius 2 is 2.08 bits per heavy atom. The number of carbonyl (C=O) groups excluding carboxylic acids is 1. The maximum Gasteiger partial charge on any atom is 0.317 e. The van der Waals surface area contributed by atoms with Crippen molar-refractivity contribution < 1.29 is 13.2 Å². The molecule has 0 aliphatic carbocycles. The lowest BCUT2D eigenvalue weighted by molar-refractivity contribution is 0.194. The van der Waals surface area contributed by atoms with E-state index in [1.54, 1.807) is 13.2 Å². The third-order valence-corrected chi connectivity index (χ3v) is 6.04. The molecule has 0 radical (unpaired) electrons. The van der Waals surface area contributed by atoms with Crippen LogP contribution in [-0.4, -0.2) is 54.1 Å². The zero-order chi connectivity index (χ0) is 17.2. The average Bonchev–Trinajstić information content (AvgIpc) is 3.22. The molecule has 0 unspecified atom stereocenters. The van der Waals surface area contributed by atoms with Gasteiger partial charge in [0.25, 0.3) is 0 Å². The monoisotopic (exact) mass is 348 g/mol. The van der Waals surface area contributed by atoms with Crippen molar-refractivity contribution in [1.29, 1.82) is 0 Å². The van der Waals surface area contributed by atoms with Crippen LogP contribution in [0.25, 0.3) is 11.3 Å². The molecular formula is C16H20N4O3S. The maximum atomic E-state index is 12.2. The van der Waals surface area contributed by atoms with Gasteiger partial charge in [0.1, 0.15) is 0 Å². The van der Waals surface area contributed by atoms with Crippen LogP contribution in [0, 0.1) is 0 Å². The summed E-state index contributed by atoms with van der Waals surface area (Å²) in [5, 5.41) is 9.65. The number of rotatable bonds is 4. The van der Waals surface area contributed by atoms with Crippen molar-refractivity contribution in [3.63, 3.8) is 0 Å². The van der Waals surface area contributed by atoms with Crippen molar-refractivity contribution in [2.24, 2.45) is 0 Å². The second kappa shape index (κ2) is 6.64. The Kier molecular flexibility index (Phi) is 4.57. The molecule has 0 saturated carbocycles. The quantitative estimate of drug-likeness (QED) is 0.873. The highest BCUT2D eigenvalue weighted by molar-refractivity contribution is 7.91. The number of hydrogen-bond donors (Lipinski definition) is 2. The lowest BCUT2D eigenvalue weighted by atomic mass is 10.1. The van der Waals surface area contributed by atoms with Crippen LogP contribution in [0.4, 0.5) is 4.79 Å². The first kappa shape index (κ1) is 16.5. The van der Waals surface area contributed by atoms with E-state index in [4.69, 9.17) is 0 Å². The van der Waals surface area contributed by atoms with E-state index in [1.165, 1.54) is 4.90 Å². The maximum absolute atomic E-state index is 12.2. The standard InChI is InChI=1S/C16H20N4O3S/c1-20(14-7-9-24(22,23)11-14)16(21)17-10-12-2-4-13(5-3-12)15-6-8-18-19-15/h2-6,8,14H,7,9-11H2,1H3,(H,17,21)(H,18,19)/t14-/m0/s1. The number of benzene rings is 1. The Morgan fingerprint density at radius 1 is 1.33 bits per heavy atom. The molecule has 0 bridgehead atoms. The lowest BCUT2D eigenvalue weighted by Gasteiger charge is -2.23. The van der Waals surface area contributed by atoms with Gasteiger partial charge in [-0.25, -0.2) is 13.2 Å². The van der Waals surface area contributed by atoms with Crippen molar-refractivity contribution in [3.05, 3.63) is 42.1 Å². The second-order valence-corrected chi connectivity index (χ2v) is 8.22. The van der Waals surface area contributed by atoms with Crippen LogP contribution in [0.5, 0.6) is 0 Å².